The number of nitrogens with zero attached hydrogens (tertiary/aromatic N) is 3. The number of aromatic nitrogens is 1. The number of carbonyl (C=O) groups is 1. The van der Waals surface area contributed by atoms with E-state index in [1.807, 2.05) is 70.9 Å². The second-order valence-electron chi connectivity index (χ2n) is 7.98. The number of amides is 1. The van der Waals surface area contributed by atoms with E-state index in [-0.39, 0.29) is 12.5 Å². The van der Waals surface area contributed by atoms with Crippen molar-refractivity contribution in [3.05, 3.63) is 99.7 Å². The van der Waals surface area contributed by atoms with E-state index in [1.165, 1.54) is 5.56 Å². The smallest absolute Gasteiger partial charge is 0.262 e. The molecule has 1 aliphatic rings. The molecule has 2 heterocycles. The van der Waals surface area contributed by atoms with Crippen molar-refractivity contribution in [1.82, 2.24) is 4.68 Å². The van der Waals surface area contributed by atoms with Crippen LogP contribution in [0.4, 0.5) is 5.69 Å². The zero-order valence-corrected chi connectivity index (χ0v) is 19.6. The van der Waals surface area contributed by atoms with Crippen LogP contribution in [-0.2, 0) is 11.2 Å². The zero-order chi connectivity index (χ0) is 23.3. The Bertz CT molecular complexity index is 1420. The topological polar surface area (TPSA) is 68.0 Å². The minimum atomic E-state index is -0.156. The van der Waals surface area contributed by atoms with Gasteiger partial charge in [0.1, 0.15) is 5.75 Å². The second-order valence-corrected chi connectivity index (χ2v) is 8.82. The summed E-state index contributed by atoms with van der Waals surface area (Å²) in [5, 5.41) is 9.74. The number of anilines is 1. The molecule has 0 saturated heterocycles. The Morgan fingerprint density at radius 2 is 1.91 bits per heavy atom. The van der Waals surface area contributed by atoms with Crippen molar-refractivity contribution in [3.8, 4) is 17.0 Å². The van der Waals surface area contributed by atoms with Crippen LogP contribution in [0.1, 0.15) is 16.7 Å². The summed E-state index contributed by atoms with van der Waals surface area (Å²) in [7, 11) is 0. The van der Waals surface area contributed by atoms with Gasteiger partial charge < -0.3 is 10.1 Å². The summed E-state index contributed by atoms with van der Waals surface area (Å²) in [5.74, 6) is 0.512. The summed E-state index contributed by atoms with van der Waals surface area (Å²) in [5.41, 5.74) is 5.94. The summed E-state index contributed by atoms with van der Waals surface area (Å²) in [6.07, 6.45) is 2.73. The van der Waals surface area contributed by atoms with Gasteiger partial charge in [-0.25, -0.2) is 4.68 Å². The lowest BCUT2D eigenvalue weighted by molar-refractivity contribution is -0.118. The molecule has 0 fully saturated rings. The zero-order valence-electron chi connectivity index (χ0n) is 18.8. The monoisotopic (exact) mass is 468 g/mol. The summed E-state index contributed by atoms with van der Waals surface area (Å²) >= 11 is 1.55. The van der Waals surface area contributed by atoms with Crippen molar-refractivity contribution in [3.63, 3.8) is 0 Å². The Balaban J connectivity index is 1.52. The summed E-state index contributed by atoms with van der Waals surface area (Å²) in [6, 6.07) is 24.2. The van der Waals surface area contributed by atoms with E-state index in [2.05, 4.69) is 30.4 Å². The molecule has 4 aromatic rings. The molecule has 5 rings (SSSR count). The van der Waals surface area contributed by atoms with E-state index in [0.717, 1.165) is 33.6 Å². The second kappa shape index (κ2) is 9.89. The average Bonchev–Trinajstić information content (AvgIpc) is 3.26. The molecule has 1 N–H and O–H groups in total. The van der Waals surface area contributed by atoms with E-state index in [0.29, 0.717) is 18.0 Å². The van der Waals surface area contributed by atoms with Gasteiger partial charge in [-0.05, 0) is 48.2 Å². The number of fused-ring (bicyclic) bond motifs is 1. The number of aryl methyl sites for hydroxylation is 1. The number of thiazole rings is 1. The largest absolute Gasteiger partial charge is 0.482 e. The molecule has 170 valence electrons. The van der Waals surface area contributed by atoms with Gasteiger partial charge in [0.05, 0.1) is 17.6 Å². The van der Waals surface area contributed by atoms with Crippen LogP contribution in [0.15, 0.2) is 88.3 Å². The number of benzene rings is 3. The maximum absolute atomic E-state index is 11.8. The third kappa shape index (κ3) is 4.84. The van der Waals surface area contributed by atoms with Crippen LogP contribution in [-0.4, -0.2) is 29.9 Å². The first-order chi connectivity index (χ1) is 16.7. The summed E-state index contributed by atoms with van der Waals surface area (Å²) in [6.45, 7) is 2.77. The highest BCUT2D eigenvalue weighted by molar-refractivity contribution is 7.07. The van der Waals surface area contributed by atoms with Crippen LogP contribution in [0.2, 0.25) is 0 Å². The van der Waals surface area contributed by atoms with Crippen LogP contribution in [0, 0.1) is 6.92 Å². The van der Waals surface area contributed by atoms with Gasteiger partial charge in [0.25, 0.3) is 5.91 Å². The van der Waals surface area contributed by atoms with Crippen molar-refractivity contribution < 1.29 is 9.53 Å². The standard InChI is InChI=1S/C27H24N4O2S/c1-19-7-5-6-10-22(19)16-29-31-24(21-11-12-25-23(15-21)30-26(32)17-33-25)18-34-27(31)28-14-13-20-8-3-2-4-9-20/h2-12,15-16,18H,13-14,17H2,1H3,(H,30,32). The van der Waals surface area contributed by atoms with Gasteiger partial charge in [0.15, 0.2) is 6.61 Å². The number of ether oxygens (including phenoxy) is 1. The molecule has 3 aromatic carbocycles. The Morgan fingerprint density at radius 3 is 2.76 bits per heavy atom. The molecular weight excluding hydrogens is 444 g/mol. The third-order valence-corrected chi connectivity index (χ3v) is 6.44. The van der Waals surface area contributed by atoms with Crippen molar-refractivity contribution >= 4 is 29.1 Å². The number of nitrogens with one attached hydrogen (secondary N) is 1. The minimum absolute atomic E-state index is 0.0377. The Hall–Kier alpha value is -3.97. The Labute approximate surface area is 201 Å². The van der Waals surface area contributed by atoms with Crippen LogP contribution >= 0.6 is 11.3 Å². The average molecular weight is 469 g/mol. The van der Waals surface area contributed by atoms with Gasteiger partial charge in [-0.15, -0.1) is 11.3 Å². The first-order valence-corrected chi connectivity index (χ1v) is 12.0. The number of hydrogen-bond donors (Lipinski definition) is 1. The maximum Gasteiger partial charge on any atom is 0.262 e. The molecule has 0 unspecified atom stereocenters. The lowest BCUT2D eigenvalue weighted by Gasteiger charge is -2.18. The quantitative estimate of drug-likeness (QED) is 0.410. The molecule has 34 heavy (non-hydrogen) atoms. The number of rotatable bonds is 6. The van der Waals surface area contributed by atoms with Gasteiger partial charge in [-0.3, -0.25) is 9.79 Å². The van der Waals surface area contributed by atoms with E-state index >= 15 is 0 Å². The highest BCUT2D eigenvalue weighted by Gasteiger charge is 2.17. The Kier molecular flexibility index (Phi) is 6.35. The van der Waals surface area contributed by atoms with Gasteiger partial charge >= 0.3 is 0 Å². The highest BCUT2D eigenvalue weighted by Crippen LogP contribution is 2.32. The normalized spacial score (nSPS) is 13.6. The van der Waals surface area contributed by atoms with Crippen molar-refractivity contribution in [2.24, 2.45) is 10.1 Å². The van der Waals surface area contributed by atoms with Crippen LogP contribution in [0.3, 0.4) is 0 Å². The number of hydrogen-bond acceptors (Lipinski definition) is 5. The first kappa shape index (κ1) is 21.9. The van der Waals surface area contributed by atoms with Gasteiger partial charge in [0, 0.05) is 17.5 Å². The summed E-state index contributed by atoms with van der Waals surface area (Å²) in [4.78, 5) is 17.5. The molecule has 6 nitrogen and oxygen atoms in total. The van der Waals surface area contributed by atoms with Crippen LogP contribution in [0.25, 0.3) is 11.3 Å². The molecule has 0 spiro atoms. The fraction of sp³-hybridized carbons (Fsp3) is 0.148. The van der Waals surface area contributed by atoms with E-state index < -0.39 is 0 Å². The molecular formula is C27H24N4O2S. The summed E-state index contributed by atoms with van der Waals surface area (Å²) < 4.78 is 7.38. The van der Waals surface area contributed by atoms with Crippen LogP contribution < -0.4 is 14.9 Å². The third-order valence-electron chi connectivity index (χ3n) is 5.58. The fourth-order valence-electron chi connectivity index (χ4n) is 3.74. The van der Waals surface area contributed by atoms with Gasteiger partial charge in [-0.1, -0.05) is 54.6 Å². The lowest BCUT2D eigenvalue weighted by Crippen LogP contribution is -2.25. The first-order valence-electron chi connectivity index (χ1n) is 11.1. The molecule has 0 radical (unpaired) electrons. The Morgan fingerprint density at radius 1 is 1.09 bits per heavy atom. The fourth-order valence-corrected chi connectivity index (χ4v) is 4.60. The molecule has 0 bridgehead atoms. The molecule has 0 saturated carbocycles. The molecule has 0 atom stereocenters. The van der Waals surface area contributed by atoms with E-state index in [1.54, 1.807) is 11.3 Å². The SMILES string of the molecule is Cc1ccccc1C=Nn1c(-c2ccc3c(c2)NC(=O)CO3)csc1=NCCc1ccccc1. The van der Waals surface area contributed by atoms with Crippen molar-refractivity contribution in [1.29, 1.82) is 0 Å². The van der Waals surface area contributed by atoms with E-state index in [4.69, 9.17) is 14.8 Å². The van der Waals surface area contributed by atoms with Crippen molar-refractivity contribution in [2.45, 2.75) is 13.3 Å². The molecule has 0 aliphatic carbocycles. The van der Waals surface area contributed by atoms with Crippen LogP contribution in [0.5, 0.6) is 5.75 Å². The molecule has 1 amide bonds. The minimum Gasteiger partial charge on any atom is -0.482 e. The molecule has 1 aromatic heterocycles. The predicted octanol–water partition coefficient (Wildman–Crippen LogP) is 4.88. The van der Waals surface area contributed by atoms with Crippen molar-refractivity contribution in [2.75, 3.05) is 18.5 Å². The molecule has 1 aliphatic heterocycles. The lowest BCUT2D eigenvalue weighted by atomic mass is 10.1. The van der Waals surface area contributed by atoms with Gasteiger partial charge in [0.2, 0.25) is 4.80 Å². The maximum atomic E-state index is 11.8. The predicted molar refractivity (Wildman–Crippen MR) is 137 cm³/mol. The highest BCUT2D eigenvalue weighted by atomic mass is 32.1. The molecule has 7 heteroatoms. The van der Waals surface area contributed by atoms with E-state index in [9.17, 15) is 4.79 Å². The van der Waals surface area contributed by atoms with Gasteiger partial charge in [-0.2, -0.15) is 5.10 Å². The number of carbonyl (C=O) groups excluding carboxylic acids is 1.